The minimum atomic E-state index is -0.619. The van der Waals surface area contributed by atoms with Gasteiger partial charge in [-0.1, -0.05) is 11.6 Å². The Morgan fingerprint density at radius 2 is 1.85 bits per heavy atom. The van der Waals surface area contributed by atoms with E-state index in [0.29, 0.717) is 22.4 Å². The number of nitrogens with zero attached hydrogens (tertiary/aromatic N) is 2. The quantitative estimate of drug-likeness (QED) is 0.637. The summed E-state index contributed by atoms with van der Waals surface area (Å²) in [4.78, 5) is 19.7. The summed E-state index contributed by atoms with van der Waals surface area (Å²) in [6.45, 7) is 1.94. The maximum absolute atomic E-state index is 11.7. The average Bonchev–Trinajstić information content (AvgIpc) is 2.46. The van der Waals surface area contributed by atoms with Gasteiger partial charge in [-0.05, 0) is 13.0 Å². The number of rotatable bonds is 4. The molecule has 0 aliphatic rings. The van der Waals surface area contributed by atoms with Crippen molar-refractivity contribution in [1.82, 2.24) is 9.97 Å². The summed E-state index contributed by atoms with van der Waals surface area (Å²) in [6.07, 6.45) is 0. The van der Waals surface area contributed by atoms with Gasteiger partial charge in [0.05, 0.1) is 26.3 Å². The lowest BCUT2D eigenvalue weighted by Gasteiger charge is -2.10. The van der Waals surface area contributed by atoms with E-state index < -0.39 is 5.97 Å². The second-order valence-electron chi connectivity index (χ2n) is 3.78. The molecule has 0 aliphatic heterocycles. The van der Waals surface area contributed by atoms with E-state index in [9.17, 15) is 4.79 Å². The van der Waals surface area contributed by atoms with Gasteiger partial charge in [-0.25, -0.2) is 14.8 Å². The van der Waals surface area contributed by atoms with Gasteiger partial charge in [0, 0.05) is 11.5 Å². The van der Waals surface area contributed by atoms with Crippen molar-refractivity contribution < 1.29 is 19.0 Å². The van der Waals surface area contributed by atoms with Crippen molar-refractivity contribution in [2.45, 2.75) is 6.92 Å². The summed E-state index contributed by atoms with van der Waals surface area (Å²) in [6, 6.07) is 3.29. The maximum Gasteiger partial charge on any atom is 0.376 e. The molecule has 7 heteroatoms. The van der Waals surface area contributed by atoms with Gasteiger partial charge in [-0.2, -0.15) is 0 Å². The molecule has 0 fully saturated rings. The molecule has 0 saturated carbocycles. The largest absolute Gasteiger partial charge is 0.493 e. The Hall–Kier alpha value is -2.08. The molecule has 1 aromatic heterocycles. The van der Waals surface area contributed by atoms with Crippen LogP contribution < -0.4 is 9.47 Å². The molecular formula is C13H13ClN2O4. The SMILES string of the molecule is CCOC(=O)c1nc(Cl)c2cc(OC)c(OC)cc2n1. The van der Waals surface area contributed by atoms with Gasteiger partial charge in [-0.3, -0.25) is 0 Å². The van der Waals surface area contributed by atoms with Crippen LogP contribution in [0.1, 0.15) is 17.5 Å². The predicted molar refractivity (Wildman–Crippen MR) is 73.6 cm³/mol. The van der Waals surface area contributed by atoms with Gasteiger partial charge in [0.2, 0.25) is 5.82 Å². The lowest BCUT2D eigenvalue weighted by atomic mass is 10.2. The Balaban J connectivity index is 2.61. The predicted octanol–water partition coefficient (Wildman–Crippen LogP) is 2.48. The third-order valence-corrected chi connectivity index (χ3v) is 2.90. The van der Waals surface area contributed by atoms with E-state index in [4.69, 9.17) is 25.8 Å². The first-order valence-electron chi connectivity index (χ1n) is 5.87. The highest BCUT2D eigenvalue weighted by molar-refractivity contribution is 6.34. The highest BCUT2D eigenvalue weighted by atomic mass is 35.5. The number of hydrogen-bond donors (Lipinski definition) is 0. The molecule has 2 aromatic rings. The van der Waals surface area contributed by atoms with Gasteiger partial charge in [0.1, 0.15) is 5.15 Å². The third-order valence-electron chi connectivity index (χ3n) is 2.61. The topological polar surface area (TPSA) is 70.5 Å². The molecular weight excluding hydrogens is 284 g/mol. The van der Waals surface area contributed by atoms with Gasteiger partial charge in [0.25, 0.3) is 0 Å². The maximum atomic E-state index is 11.7. The zero-order valence-corrected chi connectivity index (χ0v) is 12.0. The number of halogens is 1. The van der Waals surface area contributed by atoms with Crippen LogP contribution in [0.15, 0.2) is 12.1 Å². The molecule has 0 atom stereocenters. The summed E-state index contributed by atoms with van der Waals surface area (Å²) in [5, 5.41) is 0.719. The fraction of sp³-hybridized carbons (Fsp3) is 0.308. The van der Waals surface area contributed by atoms with Crippen LogP contribution >= 0.6 is 11.6 Å². The van der Waals surface area contributed by atoms with Crippen LogP contribution in [0.4, 0.5) is 0 Å². The van der Waals surface area contributed by atoms with Gasteiger partial charge in [-0.15, -0.1) is 0 Å². The third kappa shape index (κ3) is 2.60. The summed E-state index contributed by atoms with van der Waals surface area (Å²) < 4.78 is 15.2. The number of esters is 1. The van der Waals surface area contributed by atoms with E-state index in [0.717, 1.165) is 0 Å². The number of methoxy groups -OCH3 is 2. The van der Waals surface area contributed by atoms with E-state index in [2.05, 4.69) is 9.97 Å². The zero-order valence-electron chi connectivity index (χ0n) is 11.3. The smallest absolute Gasteiger partial charge is 0.376 e. The molecule has 0 saturated heterocycles. The fourth-order valence-corrected chi connectivity index (χ4v) is 1.94. The molecule has 20 heavy (non-hydrogen) atoms. The number of hydrogen-bond acceptors (Lipinski definition) is 6. The first-order valence-corrected chi connectivity index (χ1v) is 6.24. The Labute approximate surface area is 120 Å². The molecule has 0 bridgehead atoms. The monoisotopic (exact) mass is 296 g/mol. The van der Waals surface area contributed by atoms with E-state index in [1.807, 2.05) is 0 Å². The van der Waals surface area contributed by atoms with Crippen LogP contribution in [0.3, 0.4) is 0 Å². The number of fused-ring (bicyclic) bond motifs is 1. The number of carbonyl (C=O) groups is 1. The lowest BCUT2D eigenvalue weighted by molar-refractivity contribution is 0.0512. The van der Waals surface area contributed by atoms with Crippen molar-refractivity contribution in [2.75, 3.05) is 20.8 Å². The minimum absolute atomic E-state index is 0.0865. The second-order valence-corrected chi connectivity index (χ2v) is 4.14. The van der Waals surface area contributed by atoms with E-state index >= 15 is 0 Å². The Bertz CT molecular complexity index is 660. The van der Waals surface area contributed by atoms with Crippen molar-refractivity contribution in [2.24, 2.45) is 0 Å². The second kappa shape index (κ2) is 5.92. The van der Waals surface area contributed by atoms with Crippen molar-refractivity contribution in [3.63, 3.8) is 0 Å². The molecule has 1 heterocycles. The van der Waals surface area contributed by atoms with Crippen LogP contribution in [-0.2, 0) is 4.74 Å². The minimum Gasteiger partial charge on any atom is -0.493 e. The normalized spacial score (nSPS) is 10.4. The first kappa shape index (κ1) is 14.3. The molecule has 6 nitrogen and oxygen atoms in total. The molecule has 0 radical (unpaired) electrons. The summed E-state index contributed by atoms with van der Waals surface area (Å²) >= 11 is 6.08. The van der Waals surface area contributed by atoms with Crippen LogP contribution in [0.5, 0.6) is 11.5 Å². The number of carbonyl (C=O) groups excluding carboxylic acids is 1. The van der Waals surface area contributed by atoms with E-state index in [1.165, 1.54) is 14.2 Å². The van der Waals surface area contributed by atoms with Gasteiger partial charge < -0.3 is 14.2 Å². The number of ether oxygens (including phenoxy) is 3. The molecule has 0 unspecified atom stereocenters. The van der Waals surface area contributed by atoms with Crippen LogP contribution in [0.25, 0.3) is 10.9 Å². The summed E-state index contributed by atoms with van der Waals surface area (Å²) in [5.74, 6) is 0.293. The number of benzene rings is 1. The first-order chi connectivity index (χ1) is 9.60. The highest BCUT2D eigenvalue weighted by Gasteiger charge is 2.16. The molecule has 0 amide bonds. The molecule has 2 rings (SSSR count). The standard InChI is InChI=1S/C13H13ClN2O4/c1-4-20-13(17)12-15-8-6-10(19-3)9(18-2)5-7(8)11(14)16-12/h5-6H,4H2,1-3H3. The van der Waals surface area contributed by atoms with E-state index in [-0.39, 0.29) is 17.6 Å². The Morgan fingerprint density at radius 1 is 1.20 bits per heavy atom. The van der Waals surface area contributed by atoms with Crippen molar-refractivity contribution in [3.8, 4) is 11.5 Å². The van der Waals surface area contributed by atoms with Crippen molar-refractivity contribution in [3.05, 3.63) is 23.1 Å². The van der Waals surface area contributed by atoms with E-state index in [1.54, 1.807) is 19.1 Å². The van der Waals surface area contributed by atoms with Crippen molar-refractivity contribution >= 4 is 28.5 Å². The summed E-state index contributed by atoms with van der Waals surface area (Å²) in [5.41, 5.74) is 0.478. The zero-order chi connectivity index (χ0) is 14.7. The fourth-order valence-electron chi connectivity index (χ4n) is 1.71. The Morgan fingerprint density at radius 3 is 2.45 bits per heavy atom. The van der Waals surface area contributed by atoms with Gasteiger partial charge >= 0.3 is 5.97 Å². The average molecular weight is 297 g/mol. The van der Waals surface area contributed by atoms with Crippen LogP contribution in [0.2, 0.25) is 5.15 Å². The molecule has 0 spiro atoms. The van der Waals surface area contributed by atoms with Crippen LogP contribution in [-0.4, -0.2) is 36.8 Å². The number of aromatic nitrogens is 2. The van der Waals surface area contributed by atoms with Crippen molar-refractivity contribution in [1.29, 1.82) is 0 Å². The van der Waals surface area contributed by atoms with Gasteiger partial charge in [0.15, 0.2) is 11.5 Å². The molecule has 0 N–H and O–H groups in total. The molecule has 1 aromatic carbocycles. The summed E-state index contributed by atoms with van der Waals surface area (Å²) in [7, 11) is 3.03. The molecule has 106 valence electrons. The molecule has 0 aliphatic carbocycles. The lowest BCUT2D eigenvalue weighted by Crippen LogP contribution is -2.10. The Kier molecular flexibility index (Phi) is 4.24. The highest BCUT2D eigenvalue weighted by Crippen LogP contribution is 2.33. The van der Waals surface area contributed by atoms with Crippen LogP contribution in [0, 0.1) is 0 Å².